The van der Waals surface area contributed by atoms with Crippen LogP contribution in [0.5, 0.6) is 5.75 Å². The van der Waals surface area contributed by atoms with Crippen LogP contribution in [-0.2, 0) is 0 Å². The molecule has 0 bridgehead atoms. The van der Waals surface area contributed by atoms with Gasteiger partial charge in [0.2, 0.25) is 0 Å². The SMILES string of the molecule is N#Cc1ccc(Cl)cc1OCC(O)C(F)(F)F. The first-order valence-corrected chi connectivity index (χ1v) is 4.79. The molecule has 0 spiro atoms. The lowest BCUT2D eigenvalue weighted by Gasteiger charge is -2.15. The van der Waals surface area contributed by atoms with Gasteiger partial charge in [-0.3, -0.25) is 0 Å². The third-order valence-electron chi connectivity index (χ3n) is 1.84. The number of ether oxygens (including phenoxy) is 1. The zero-order valence-electron chi connectivity index (χ0n) is 8.33. The predicted octanol–water partition coefficient (Wildman–Crippen LogP) is 2.51. The topological polar surface area (TPSA) is 53.2 Å². The van der Waals surface area contributed by atoms with Gasteiger partial charge in [0, 0.05) is 11.1 Å². The maximum atomic E-state index is 12.0. The number of aliphatic hydroxyl groups is 1. The van der Waals surface area contributed by atoms with Crippen molar-refractivity contribution in [2.75, 3.05) is 6.61 Å². The van der Waals surface area contributed by atoms with Gasteiger partial charge in [0.05, 0.1) is 5.56 Å². The van der Waals surface area contributed by atoms with Crippen LogP contribution in [0.1, 0.15) is 5.56 Å². The van der Waals surface area contributed by atoms with E-state index in [1.165, 1.54) is 18.2 Å². The molecule has 0 saturated carbocycles. The van der Waals surface area contributed by atoms with Crippen molar-refractivity contribution in [3.05, 3.63) is 28.8 Å². The Kier molecular flexibility index (Phi) is 4.21. The number of rotatable bonds is 3. The molecule has 1 aromatic rings. The molecule has 1 aromatic carbocycles. The number of benzene rings is 1. The third kappa shape index (κ3) is 3.80. The summed E-state index contributed by atoms with van der Waals surface area (Å²) < 4.78 is 40.7. The highest BCUT2D eigenvalue weighted by atomic mass is 35.5. The van der Waals surface area contributed by atoms with E-state index in [0.29, 0.717) is 0 Å². The summed E-state index contributed by atoms with van der Waals surface area (Å²) in [4.78, 5) is 0. The van der Waals surface area contributed by atoms with Crippen LogP contribution in [0, 0.1) is 11.3 Å². The molecule has 1 rings (SSSR count). The van der Waals surface area contributed by atoms with Crippen LogP contribution in [0.15, 0.2) is 18.2 Å². The van der Waals surface area contributed by atoms with E-state index in [0.717, 1.165) is 0 Å². The Morgan fingerprint density at radius 2 is 2.12 bits per heavy atom. The average Bonchev–Trinajstić information content (AvgIpc) is 2.24. The second-order valence-corrected chi connectivity index (χ2v) is 3.56. The number of nitrogens with zero attached hydrogens (tertiary/aromatic N) is 1. The van der Waals surface area contributed by atoms with Gasteiger partial charge in [0.1, 0.15) is 18.4 Å². The fraction of sp³-hybridized carbons (Fsp3) is 0.300. The van der Waals surface area contributed by atoms with Gasteiger partial charge >= 0.3 is 6.18 Å². The maximum Gasteiger partial charge on any atom is 0.417 e. The minimum atomic E-state index is -4.76. The first kappa shape index (κ1) is 13.6. The number of alkyl halides is 3. The average molecular weight is 266 g/mol. The van der Waals surface area contributed by atoms with Crippen LogP contribution >= 0.6 is 11.6 Å². The Balaban J connectivity index is 2.76. The van der Waals surface area contributed by atoms with E-state index in [-0.39, 0.29) is 16.3 Å². The molecule has 1 N–H and O–H groups in total. The largest absolute Gasteiger partial charge is 0.489 e. The molecule has 0 radical (unpaired) electrons. The molecule has 92 valence electrons. The Hall–Kier alpha value is -1.45. The zero-order valence-corrected chi connectivity index (χ0v) is 9.09. The molecule has 0 aliphatic carbocycles. The van der Waals surface area contributed by atoms with Crippen molar-refractivity contribution in [3.63, 3.8) is 0 Å². The van der Waals surface area contributed by atoms with Crippen molar-refractivity contribution in [1.82, 2.24) is 0 Å². The second-order valence-electron chi connectivity index (χ2n) is 3.12. The Morgan fingerprint density at radius 1 is 1.47 bits per heavy atom. The van der Waals surface area contributed by atoms with Crippen molar-refractivity contribution in [1.29, 1.82) is 5.26 Å². The number of hydrogen-bond acceptors (Lipinski definition) is 3. The van der Waals surface area contributed by atoms with E-state index in [9.17, 15) is 13.2 Å². The molecule has 17 heavy (non-hydrogen) atoms. The summed E-state index contributed by atoms with van der Waals surface area (Å²) in [6.07, 6.45) is -7.36. The van der Waals surface area contributed by atoms with Crippen LogP contribution in [-0.4, -0.2) is 24.0 Å². The molecule has 3 nitrogen and oxygen atoms in total. The summed E-state index contributed by atoms with van der Waals surface area (Å²) in [7, 11) is 0. The number of aliphatic hydroxyl groups excluding tert-OH is 1. The van der Waals surface area contributed by atoms with Crippen LogP contribution in [0.3, 0.4) is 0 Å². The second kappa shape index (κ2) is 5.25. The van der Waals surface area contributed by atoms with Gasteiger partial charge < -0.3 is 9.84 Å². The van der Waals surface area contributed by atoms with E-state index >= 15 is 0 Å². The molecule has 0 aliphatic heterocycles. The predicted molar refractivity (Wildman–Crippen MR) is 53.7 cm³/mol. The molecule has 0 heterocycles. The third-order valence-corrected chi connectivity index (χ3v) is 2.07. The summed E-state index contributed by atoms with van der Waals surface area (Å²) in [5.74, 6) is -0.0942. The van der Waals surface area contributed by atoms with Crippen molar-refractivity contribution in [3.8, 4) is 11.8 Å². The van der Waals surface area contributed by atoms with Crippen molar-refractivity contribution < 1.29 is 23.0 Å². The molecule has 7 heteroatoms. The lowest BCUT2D eigenvalue weighted by Crippen LogP contribution is -2.34. The minimum absolute atomic E-state index is 0.0452. The highest BCUT2D eigenvalue weighted by molar-refractivity contribution is 6.30. The van der Waals surface area contributed by atoms with Crippen LogP contribution in [0.2, 0.25) is 5.02 Å². The van der Waals surface area contributed by atoms with E-state index in [2.05, 4.69) is 0 Å². The Morgan fingerprint density at radius 3 is 2.65 bits per heavy atom. The first-order valence-electron chi connectivity index (χ1n) is 4.42. The molecular weight excluding hydrogens is 259 g/mol. The standard InChI is InChI=1S/C10H7ClF3NO2/c11-7-2-1-6(4-15)8(3-7)17-5-9(16)10(12,13)14/h1-3,9,16H,5H2. The van der Waals surface area contributed by atoms with Crippen LogP contribution in [0.25, 0.3) is 0 Å². The minimum Gasteiger partial charge on any atom is -0.489 e. The van der Waals surface area contributed by atoms with Gasteiger partial charge in [0.15, 0.2) is 6.10 Å². The van der Waals surface area contributed by atoms with Crippen molar-refractivity contribution in [2.45, 2.75) is 12.3 Å². The van der Waals surface area contributed by atoms with Crippen LogP contribution in [0.4, 0.5) is 13.2 Å². The molecule has 0 amide bonds. The van der Waals surface area contributed by atoms with Gasteiger partial charge in [-0.2, -0.15) is 18.4 Å². The molecule has 1 atom stereocenters. The Labute approximate surface area is 100.0 Å². The molecule has 0 saturated heterocycles. The fourth-order valence-electron chi connectivity index (χ4n) is 0.971. The molecule has 0 aliphatic rings. The van der Waals surface area contributed by atoms with Gasteiger partial charge in [-0.1, -0.05) is 11.6 Å². The smallest absolute Gasteiger partial charge is 0.417 e. The highest BCUT2D eigenvalue weighted by Gasteiger charge is 2.38. The monoisotopic (exact) mass is 265 g/mol. The van der Waals surface area contributed by atoms with E-state index in [1.54, 1.807) is 6.07 Å². The van der Waals surface area contributed by atoms with E-state index in [4.69, 9.17) is 26.7 Å². The normalized spacial score (nSPS) is 12.9. The van der Waals surface area contributed by atoms with Gasteiger partial charge in [-0.15, -0.1) is 0 Å². The number of hydrogen-bond donors (Lipinski definition) is 1. The number of halogens is 4. The summed E-state index contributed by atoms with van der Waals surface area (Å²) in [6.45, 7) is -0.988. The fourth-order valence-corrected chi connectivity index (χ4v) is 1.13. The number of nitriles is 1. The highest BCUT2D eigenvalue weighted by Crippen LogP contribution is 2.25. The summed E-state index contributed by atoms with van der Waals surface area (Å²) in [6, 6.07) is 5.68. The van der Waals surface area contributed by atoms with Crippen molar-refractivity contribution in [2.24, 2.45) is 0 Å². The summed E-state index contributed by atoms with van der Waals surface area (Å²) in [5.41, 5.74) is 0.0452. The lowest BCUT2D eigenvalue weighted by molar-refractivity contribution is -0.210. The molecule has 0 fully saturated rings. The van der Waals surface area contributed by atoms with Gasteiger partial charge in [-0.05, 0) is 12.1 Å². The van der Waals surface area contributed by atoms with E-state index < -0.39 is 18.9 Å². The summed E-state index contributed by atoms with van der Waals surface area (Å²) >= 11 is 5.60. The molecular formula is C10H7ClF3NO2. The van der Waals surface area contributed by atoms with Crippen LogP contribution < -0.4 is 4.74 Å². The lowest BCUT2D eigenvalue weighted by atomic mass is 10.2. The van der Waals surface area contributed by atoms with Gasteiger partial charge in [0.25, 0.3) is 0 Å². The van der Waals surface area contributed by atoms with Crippen molar-refractivity contribution >= 4 is 11.6 Å². The molecule has 0 aromatic heterocycles. The first-order chi connectivity index (χ1) is 7.84. The quantitative estimate of drug-likeness (QED) is 0.914. The van der Waals surface area contributed by atoms with Gasteiger partial charge in [-0.25, -0.2) is 0 Å². The maximum absolute atomic E-state index is 12.0. The zero-order chi connectivity index (χ0) is 13.1. The summed E-state index contributed by atoms with van der Waals surface area (Å²) in [5, 5.41) is 17.6. The van der Waals surface area contributed by atoms with E-state index in [1.807, 2.05) is 0 Å². The molecule has 1 unspecified atom stereocenters. The Bertz CT molecular complexity index is 442.